The van der Waals surface area contributed by atoms with Crippen LogP contribution >= 0.6 is 0 Å². The number of benzene rings is 1. The summed E-state index contributed by atoms with van der Waals surface area (Å²) in [6, 6.07) is 8.07. The second-order valence-corrected chi connectivity index (χ2v) is 8.28. The lowest BCUT2D eigenvalue weighted by atomic mass is 9.97. The first-order chi connectivity index (χ1) is 14.1. The molecule has 29 heavy (non-hydrogen) atoms. The third kappa shape index (κ3) is 4.66. The molecule has 2 aliphatic rings. The molecule has 0 spiro atoms. The highest BCUT2D eigenvalue weighted by Gasteiger charge is 2.26. The molecule has 7 nitrogen and oxygen atoms in total. The molecule has 0 aliphatic carbocycles. The summed E-state index contributed by atoms with van der Waals surface area (Å²) in [7, 11) is 0. The monoisotopic (exact) mass is 395 g/mol. The van der Waals surface area contributed by atoms with Crippen molar-refractivity contribution >= 4 is 11.8 Å². The van der Waals surface area contributed by atoms with Gasteiger partial charge in [0.1, 0.15) is 0 Å². The molecular weight excluding hydrogens is 366 g/mol. The summed E-state index contributed by atoms with van der Waals surface area (Å²) in [4.78, 5) is 29.1. The number of aryl methyl sites for hydroxylation is 1. The maximum Gasteiger partial charge on any atom is 0.276 e. The summed E-state index contributed by atoms with van der Waals surface area (Å²) >= 11 is 0. The molecule has 4 rings (SSSR count). The number of piperidine rings is 1. The molecule has 154 valence electrons. The first kappa shape index (κ1) is 19.6. The standard InChI is InChI=1S/C22H29N5O2/c1-17-7-2-3-9-19(17)13-21(28)26-12-6-8-18(14-26)15-27-16-20(23-24-27)22(29)25-10-4-5-11-25/h2-3,7,9,16,18H,4-6,8,10-15H2,1H3/t18-/m1/s1. The fraction of sp³-hybridized carbons (Fsp3) is 0.545. The first-order valence-electron chi connectivity index (χ1n) is 10.6. The molecular formula is C22H29N5O2. The first-order valence-corrected chi connectivity index (χ1v) is 10.6. The van der Waals surface area contributed by atoms with E-state index in [9.17, 15) is 9.59 Å². The molecule has 2 aromatic rings. The maximum atomic E-state index is 12.8. The van der Waals surface area contributed by atoms with Crippen LogP contribution in [0.15, 0.2) is 30.5 Å². The van der Waals surface area contributed by atoms with Crippen molar-refractivity contribution in [2.45, 2.75) is 45.6 Å². The van der Waals surface area contributed by atoms with E-state index in [1.54, 1.807) is 10.9 Å². The van der Waals surface area contributed by atoms with Crippen LogP contribution in [0.2, 0.25) is 0 Å². The Kier molecular flexibility index (Phi) is 5.92. The molecule has 0 bridgehead atoms. The number of hydrogen-bond acceptors (Lipinski definition) is 4. The maximum absolute atomic E-state index is 12.8. The Labute approximate surface area is 171 Å². The van der Waals surface area contributed by atoms with Gasteiger partial charge in [-0.3, -0.25) is 14.3 Å². The second-order valence-electron chi connectivity index (χ2n) is 8.28. The van der Waals surface area contributed by atoms with Gasteiger partial charge < -0.3 is 9.80 Å². The second kappa shape index (κ2) is 8.76. The Morgan fingerprint density at radius 2 is 1.83 bits per heavy atom. The van der Waals surface area contributed by atoms with Crippen LogP contribution in [-0.2, 0) is 17.8 Å². The number of rotatable bonds is 5. The Hall–Kier alpha value is -2.70. The molecule has 2 aliphatic heterocycles. The summed E-state index contributed by atoms with van der Waals surface area (Å²) in [6.07, 6.45) is 6.40. The molecule has 1 aromatic carbocycles. The third-order valence-electron chi connectivity index (χ3n) is 6.07. The molecule has 2 fully saturated rings. The van der Waals surface area contributed by atoms with Crippen LogP contribution in [0.25, 0.3) is 0 Å². The Balaban J connectivity index is 1.33. The van der Waals surface area contributed by atoms with E-state index in [1.165, 1.54) is 0 Å². The zero-order valence-electron chi connectivity index (χ0n) is 17.1. The lowest BCUT2D eigenvalue weighted by Gasteiger charge is -2.33. The summed E-state index contributed by atoms with van der Waals surface area (Å²) in [5.41, 5.74) is 2.68. The molecule has 2 amide bonds. The van der Waals surface area contributed by atoms with E-state index in [4.69, 9.17) is 0 Å². The van der Waals surface area contributed by atoms with Crippen LogP contribution < -0.4 is 0 Å². The summed E-state index contributed by atoms with van der Waals surface area (Å²) in [5.74, 6) is 0.501. The van der Waals surface area contributed by atoms with Gasteiger partial charge in [0, 0.05) is 32.7 Å². The van der Waals surface area contributed by atoms with Crippen LogP contribution in [0.5, 0.6) is 0 Å². The minimum atomic E-state index is -0.0209. The Bertz CT molecular complexity index is 872. The number of aromatic nitrogens is 3. The molecule has 0 saturated carbocycles. The van der Waals surface area contributed by atoms with Crippen LogP contribution in [0, 0.1) is 12.8 Å². The highest BCUT2D eigenvalue weighted by atomic mass is 16.2. The number of carbonyl (C=O) groups is 2. The number of amides is 2. The molecule has 0 unspecified atom stereocenters. The van der Waals surface area contributed by atoms with Gasteiger partial charge in [-0.25, -0.2) is 0 Å². The van der Waals surface area contributed by atoms with E-state index in [-0.39, 0.29) is 11.8 Å². The molecule has 3 heterocycles. The van der Waals surface area contributed by atoms with Gasteiger partial charge in [-0.1, -0.05) is 29.5 Å². The van der Waals surface area contributed by atoms with E-state index in [0.29, 0.717) is 24.6 Å². The van der Waals surface area contributed by atoms with Crippen molar-refractivity contribution < 1.29 is 9.59 Å². The molecule has 1 atom stereocenters. The predicted molar refractivity (Wildman–Crippen MR) is 109 cm³/mol. The van der Waals surface area contributed by atoms with Gasteiger partial charge in [-0.2, -0.15) is 0 Å². The zero-order valence-corrected chi connectivity index (χ0v) is 17.1. The van der Waals surface area contributed by atoms with Crippen molar-refractivity contribution in [3.8, 4) is 0 Å². The van der Waals surface area contributed by atoms with Gasteiger partial charge >= 0.3 is 0 Å². The van der Waals surface area contributed by atoms with Crippen molar-refractivity contribution in [1.29, 1.82) is 0 Å². The van der Waals surface area contributed by atoms with E-state index in [0.717, 1.165) is 63.0 Å². The van der Waals surface area contributed by atoms with Crippen molar-refractivity contribution in [3.63, 3.8) is 0 Å². The van der Waals surface area contributed by atoms with Crippen LogP contribution in [0.1, 0.15) is 47.3 Å². The smallest absolute Gasteiger partial charge is 0.276 e. The van der Waals surface area contributed by atoms with E-state index >= 15 is 0 Å². The van der Waals surface area contributed by atoms with E-state index < -0.39 is 0 Å². The lowest BCUT2D eigenvalue weighted by molar-refractivity contribution is -0.132. The van der Waals surface area contributed by atoms with Crippen molar-refractivity contribution in [3.05, 3.63) is 47.3 Å². The molecule has 2 saturated heterocycles. The largest absolute Gasteiger partial charge is 0.342 e. The van der Waals surface area contributed by atoms with Gasteiger partial charge in [0.15, 0.2) is 5.69 Å². The van der Waals surface area contributed by atoms with Gasteiger partial charge in [0.05, 0.1) is 12.6 Å². The molecule has 0 N–H and O–H groups in total. The van der Waals surface area contributed by atoms with Crippen molar-refractivity contribution in [1.82, 2.24) is 24.8 Å². The molecule has 7 heteroatoms. The van der Waals surface area contributed by atoms with Gasteiger partial charge in [0.2, 0.25) is 5.91 Å². The average molecular weight is 396 g/mol. The fourth-order valence-electron chi connectivity index (χ4n) is 4.36. The zero-order chi connectivity index (χ0) is 20.2. The molecule has 0 radical (unpaired) electrons. The highest BCUT2D eigenvalue weighted by Crippen LogP contribution is 2.20. The van der Waals surface area contributed by atoms with Gasteiger partial charge in [0.25, 0.3) is 5.91 Å². The van der Waals surface area contributed by atoms with Crippen LogP contribution in [0.4, 0.5) is 0 Å². The van der Waals surface area contributed by atoms with Gasteiger partial charge in [-0.05, 0) is 49.7 Å². The SMILES string of the molecule is Cc1ccccc1CC(=O)N1CCC[C@@H](Cn2cc(C(=O)N3CCCC3)nn2)C1. The van der Waals surface area contributed by atoms with E-state index in [2.05, 4.69) is 10.3 Å². The third-order valence-corrected chi connectivity index (χ3v) is 6.07. The highest BCUT2D eigenvalue weighted by molar-refractivity contribution is 5.92. The number of hydrogen-bond donors (Lipinski definition) is 0. The predicted octanol–water partition coefficient (Wildman–Crippen LogP) is 2.30. The van der Waals surface area contributed by atoms with Crippen LogP contribution in [0.3, 0.4) is 0 Å². The summed E-state index contributed by atoms with van der Waals surface area (Å²) in [6.45, 7) is 5.91. The van der Waals surface area contributed by atoms with Crippen molar-refractivity contribution in [2.24, 2.45) is 5.92 Å². The number of nitrogens with zero attached hydrogens (tertiary/aromatic N) is 5. The number of likely N-dealkylation sites (tertiary alicyclic amines) is 2. The van der Waals surface area contributed by atoms with Crippen molar-refractivity contribution in [2.75, 3.05) is 26.2 Å². The normalized spacial score (nSPS) is 19.6. The summed E-state index contributed by atoms with van der Waals surface area (Å²) in [5, 5.41) is 8.25. The van der Waals surface area contributed by atoms with E-state index in [1.807, 2.05) is 41.0 Å². The lowest BCUT2D eigenvalue weighted by Crippen LogP contribution is -2.42. The van der Waals surface area contributed by atoms with Crippen LogP contribution in [-0.4, -0.2) is 62.8 Å². The Morgan fingerprint density at radius 3 is 2.62 bits per heavy atom. The Morgan fingerprint density at radius 1 is 1.07 bits per heavy atom. The minimum absolute atomic E-state index is 0.0209. The average Bonchev–Trinajstić information content (AvgIpc) is 3.42. The quantitative estimate of drug-likeness (QED) is 0.779. The summed E-state index contributed by atoms with van der Waals surface area (Å²) < 4.78 is 1.77. The topological polar surface area (TPSA) is 71.3 Å². The number of carbonyl (C=O) groups excluding carboxylic acids is 2. The minimum Gasteiger partial charge on any atom is -0.342 e. The molecule has 1 aromatic heterocycles. The fourth-order valence-corrected chi connectivity index (χ4v) is 4.36. The van der Waals surface area contributed by atoms with Gasteiger partial charge in [-0.15, -0.1) is 5.10 Å².